The van der Waals surface area contributed by atoms with Crippen molar-refractivity contribution in [3.8, 4) is 0 Å². The van der Waals surface area contributed by atoms with Gasteiger partial charge in [0.05, 0.1) is 18.9 Å². The highest BCUT2D eigenvalue weighted by Crippen LogP contribution is 2.32. The van der Waals surface area contributed by atoms with Gasteiger partial charge in [-0.25, -0.2) is 0 Å². The fourth-order valence-corrected chi connectivity index (χ4v) is 2.38. The van der Waals surface area contributed by atoms with E-state index in [1.54, 1.807) is 0 Å². The number of benzene rings is 1. The second-order valence-electron chi connectivity index (χ2n) is 4.47. The molecule has 92 valence electrons. The van der Waals surface area contributed by atoms with Crippen molar-refractivity contribution < 1.29 is 19.1 Å². The minimum Gasteiger partial charge on any atom is -0.451 e. The van der Waals surface area contributed by atoms with Gasteiger partial charge in [-0.1, -0.05) is 30.3 Å². The lowest BCUT2D eigenvalue weighted by molar-refractivity contribution is -0.152. The number of rotatable bonds is 2. The Kier molecular flexibility index (Phi) is 2.40. The highest BCUT2D eigenvalue weighted by Gasteiger charge is 2.54. The summed E-state index contributed by atoms with van der Waals surface area (Å²) in [6, 6.07) is 9.26. The number of carbonyl (C=O) groups excluding carboxylic acids is 3. The van der Waals surface area contributed by atoms with Crippen molar-refractivity contribution in [1.29, 1.82) is 0 Å². The van der Waals surface area contributed by atoms with Crippen LogP contribution in [0.15, 0.2) is 30.3 Å². The molecule has 0 aliphatic carbocycles. The van der Waals surface area contributed by atoms with E-state index in [1.165, 1.54) is 4.90 Å². The summed E-state index contributed by atoms with van der Waals surface area (Å²) in [5, 5.41) is 0. The maximum absolute atomic E-state index is 12.0. The molecule has 1 aromatic carbocycles. The van der Waals surface area contributed by atoms with Crippen LogP contribution in [0.25, 0.3) is 0 Å². The first-order valence-corrected chi connectivity index (χ1v) is 5.75. The number of likely N-dealkylation sites (tertiary alicyclic amines) is 1. The minimum atomic E-state index is -0.895. The number of ether oxygens (including phenoxy) is 1. The summed E-state index contributed by atoms with van der Waals surface area (Å²) in [5.41, 5.74) is 0.880. The minimum absolute atomic E-state index is 0.0144. The van der Waals surface area contributed by atoms with Crippen LogP contribution in [0.3, 0.4) is 0 Å². The van der Waals surface area contributed by atoms with E-state index in [0.717, 1.165) is 5.56 Å². The molecule has 0 saturated carbocycles. The molecule has 2 fully saturated rings. The second kappa shape index (κ2) is 3.94. The van der Waals surface area contributed by atoms with Crippen molar-refractivity contribution >= 4 is 17.8 Å². The number of imide groups is 1. The average molecular weight is 245 g/mol. The Morgan fingerprint density at radius 2 is 1.83 bits per heavy atom. The van der Waals surface area contributed by atoms with Crippen molar-refractivity contribution in [3.63, 3.8) is 0 Å². The number of hydrogen-bond acceptors (Lipinski definition) is 4. The van der Waals surface area contributed by atoms with Crippen LogP contribution in [-0.4, -0.2) is 28.8 Å². The molecule has 0 radical (unpaired) electrons. The molecular formula is C13H11NO4. The SMILES string of the molecule is O=C1C[C@H]2C(=O)N(Cc3ccccc3)C(=O)[C@H]2O1. The van der Waals surface area contributed by atoms with Crippen LogP contribution < -0.4 is 0 Å². The van der Waals surface area contributed by atoms with E-state index < -0.39 is 23.9 Å². The van der Waals surface area contributed by atoms with Crippen LogP contribution in [0.1, 0.15) is 12.0 Å². The van der Waals surface area contributed by atoms with Gasteiger partial charge in [0.1, 0.15) is 0 Å². The molecule has 0 unspecified atom stereocenters. The zero-order valence-electron chi connectivity index (χ0n) is 9.54. The van der Waals surface area contributed by atoms with Crippen molar-refractivity contribution in [2.75, 3.05) is 0 Å². The topological polar surface area (TPSA) is 63.7 Å². The van der Waals surface area contributed by atoms with Gasteiger partial charge in [-0.2, -0.15) is 0 Å². The number of carbonyl (C=O) groups is 3. The van der Waals surface area contributed by atoms with E-state index in [9.17, 15) is 14.4 Å². The van der Waals surface area contributed by atoms with Crippen LogP contribution in [-0.2, 0) is 25.7 Å². The normalized spacial score (nSPS) is 26.4. The molecule has 0 N–H and O–H groups in total. The first-order valence-electron chi connectivity index (χ1n) is 5.75. The summed E-state index contributed by atoms with van der Waals surface area (Å²) in [6.07, 6.45) is -0.880. The van der Waals surface area contributed by atoms with Gasteiger partial charge in [0.2, 0.25) is 5.91 Å². The Morgan fingerprint density at radius 1 is 1.11 bits per heavy atom. The molecule has 0 spiro atoms. The third-order valence-corrected chi connectivity index (χ3v) is 3.29. The second-order valence-corrected chi connectivity index (χ2v) is 4.47. The third kappa shape index (κ3) is 1.59. The standard InChI is InChI=1S/C13H11NO4/c15-10-6-9-11(18-10)13(17)14(12(9)16)7-8-4-2-1-3-5-8/h1-5,9,11H,6-7H2/t9-,11+/m1/s1. The van der Waals surface area contributed by atoms with Crippen LogP contribution in [0, 0.1) is 5.92 Å². The first-order chi connectivity index (χ1) is 8.66. The molecule has 0 bridgehead atoms. The van der Waals surface area contributed by atoms with Gasteiger partial charge in [-0.3, -0.25) is 19.3 Å². The van der Waals surface area contributed by atoms with Crippen LogP contribution in [0.2, 0.25) is 0 Å². The van der Waals surface area contributed by atoms with Gasteiger partial charge in [-0.15, -0.1) is 0 Å². The molecule has 5 nitrogen and oxygen atoms in total. The Bertz CT molecular complexity index is 499. The Balaban J connectivity index is 1.81. The molecule has 2 aliphatic heterocycles. The smallest absolute Gasteiger partial charge is 0.307 e. The van der Waals surface area contributed by atoms with Crippen molar-refractivity contribution in [2.24, 2.45) is 5.92 Å². The maximum atomic E-state index is 12.0. The van der Waals surface area contributed by atoms with E-state index in [2.05, 4.69) is 0 Å². The molecule has 2 amide bonds. The highest BCUT2D eigenvalue weighted by molar-refractivity contribution is 6.09. The molecule has 2 aliphatic rings. The largest absolute Gasteiger partial charge is 0.451 e. The number of amides is 2. The first kappa shape index (κ1) is 11.0. The zero-order valence-corrected chi connectivity index (χ0v) is 9.54. The summed E-state index contributed by atoms with van der Waals surface area (Å²) in [6.45, 7) is 0.239. The summed E-state index contributed by atoms with van der Waals surface area (Å²) in [7, 11) is 0. The molecule has 2 saturated heterocycles. The molecule has 5 heteroatoms. The number of esters is 1. The van der Waals surface area contributed by atoms with E-state index in [4.69, 9.17) is 4.74 Å². The lowest BCUT2D eigenvalue weighted by Crippen LogP contribution is -2.33. The van der Waals surface area contributed by atoms with Gasteiger partial charge in [0, 0.05) is 0 Å². The van der Waals surface area contributed by atoms with Gasteiger partial charge in [0.25, 0.3) is 5.91 Å². The Morgan fingerprint density at radius 3 is 2.50 bits per heavy atom. The molecular weight excluding hydrogens is 234 g/mol. The van der Waals surface area contributed by atoms with E-state index >= 15 is 0 Å². The van der Waals surface area contributed by atoms with Crippen molar-refractivity contribution in [2.45, 2.75) is 19.1 Å². The number of hydrogen-bond donors (Lipinski definition) is 0. The third-order valence-electron chi connectivity index (χ3n) is 3.29. The maximum Gasteiger partial charge on any atom is 0.307 e. The predicted molar refractivity (Wildman–Crippen MR) is 60.0 cm³/mol. The fraction of sp³-hybridized carbons (Fsp3) is 0.308. The lowest BCUT2D eigenvalue weighted by Gasteiger charge is -2.15. The summed E-state index contributed by atoms with van der Waals surface area (Å²) in [5.74, 6) is -1.79. The number of fused-ring (bicyclic) bond motifs is 1. The van der Waals surface area contributed by atoms with E-state index in [-0.39, 0.29) is 18.9 Å². The predicted octanol–water partition coefficient (Wildman–Crippen LogP) is 0.487. The Labute approximate surface area is 103 Å². The highest BCUT2D eigenvalue weighted by atomic mass is 16.6. The fourth-order valence-electron chi connectivity index (χ4n) is 2.38. The summed E-state index contributed by atoms with van der Waals surface area (Å²) < 4.78 is 4.88. The van der Waals surface area contributed by atoms with Gasteiger partial charge in [0.15, 0.2) is 6.10 Å². The van der Waals surface area contributed by atoms with Crippen LogP contribution in [0.4, 0.5) is 0 Å². The molecule has 2 heterocycles. The van der Waals surface area contributed by atoms with Gasteiger partial charge < -0.3 is 4.74 Å². The van der Waals surface area contributed by atoms with Crippen LogP contribution in [0.5, 0.6) is 0 Å². The molecule has 2 atom stereocenters. The molecule has 18 heavy (non-hydrogen) atoms. The summed E-state index contributed by atoms with van der Waals surface area (Å²) in [4.78, 5) is 36.2. The van der Waals surface area contributed by atoms with Gasteiger partial charge >= 0.3 is 5.97 Å². The van der Waals surface area contributed by atoms with E-state index in [1.807, 2.05) is 30.3 Å². The quantitative estimate of drug-likeness (QED) is 0.562. The number of nitrogens with zero attached hydrogens (tertiary/aromatic N) is 1. The molecule has 0 aromatic heterocycles. The average Bonchev–Trinajstić information content (AvgIpc) is 2.85. The molecule has 3 rings (SSSR count). The summed E-state index contributed by atoms with van der Waals surface area (Å²) >= 11 is 0. The van der Waals surface area contributed by atoms with Gasteiger partial charge in [-0.05, 0) is 5.56 Å². The Hall–Kier alpha value is -2.17. The van der Waals surface area contributed by atoms with Crippen molar-refractivity contribution in [3.05, 3.63) is 35.9 Å². The zero-order chi connectivity index (χ0) is 12.7. The molecule has 1 aromatic rings. The van der Waals surface area contributed by atoms with Crippen LogP contribution >= 0.6 is 0 Å². The van der Waals surface area contributed by atoms with Crippen molar-refractivity contribution in [1.82, 2.24) is 4.90 Å². The lowest BCUT2D eigenvalue weighted by atomic mass is 10.0. The monoisotopic (exact) mass is 245 g/mol. The van der Waals surface area contributed by atoms with E-state index in [0.29, 0.717) is 0 Å².